The summed E-state index contributed by atoms with van der Waals surface area (Å²) in [4.78, 5) is 0. The highest BCUT2D eigenvalue weighted by Gasteiger charge is 2.19. The van der Waals surface area contributed by atoms with Gasteiger partial charge in [0, 0.05) is 0 Å². The summed E-state index contributed by atoms with van der Waals surface area (Å²) in [5.41, 5.74) is 0.985. The Labute approximate surface area is 65.7 Å². The van der Waals surface area contributed by atoms with Gasteiger partial charge in [-0.3, -0.25) is 0 Å². The van der Waals surface area contributed by atoms with Gasteiger partial charge >= 0.3 is 0 Å². The molecule has 1 unspecified atom stereocenters. The van der Waals surface area contributed by atoms with Gasteiger partial charge in [-0.2, -0.15) is 0 Å². The highest BCUT2D eigenvalue weighted by molar-refractivity contribution is 6.56. The molecule has 60 valence electrons. The Morgan fingerprint density at radius 2 is 1.90 bits per heavy atom. The zero-order valence-corrected chi connectivity index (χ0v) is 8.13. The molecule has 0 amide bonds. The predicted octanol–water partition coefficient (Wildman–Crippen LogP) is 2.02. The van der Waals surface area contributed by atoms with Crippen molar-refractivity contribution in [2.45, 2.75) is 50.6 Å². The van der Waals surface area contributed by atoms with Gasteiger partial charge in [-0.15, -0.1) is 0 Å². The Kier molecular flexibility index (Phi) is 3.42. The van der Waals surface area contributed by atoms with Gasteiger partial charge < -0.3 is 5.40 Å². The molecule has 1 fully saturated rings. The number of nitrogens with two attached hydrogens (primary N) is 1. The Morgan fingerprint density at radius 1 is 1.30 bits per heavy atom. The van der Waals surface area contributed by atoms with Crippen molar-refractivity contribution in [1.82, 2.24) is 0 Å². The molecule has 1 rings (SSSR count). The second-order valence-corrected chi connectivity index (χ2v) is 6.56. The highest BCUT2D eigenvalue weighted by atomic mass is 28.3. The summed E-state index contributed by atoms with van der Waals surface area (Å²) in [6, 6.07) is 1.30. The Bertz CT molecular complexity index is 89.3. The molecule has 1 aliphatic carbocycles. The lowest BCUT2D eigenvalue weighted by Gasteiger charge is -2.25. The van der Waals surface area contributed by atoms with Gasteiger partial charge in [0.15, 0.2) is 0 Å². The molecule has 0 aliphatic heterocycles. The third-order valence-corrected chi connectivity index (χ3v) is 5.55. The lowest BCUT2D eigenvalue weighted by atomic mass is 10.0. The molecule has 2 heteroatoms. The molecule has 0 heterocycles. The molecule has 0 aromatic carbocycles. The van der Waals surface area contributed by atoms with E-state index in [4.69, 9.17) is 5.40 Å². The molecule has 1 atom stereocenters. The summed E-state index contributed by atoms with van der Waals surface area (Å²) >= 11 is 0. The molecule has 0 saturated heterocycles. The van der Waals surface area contributed by atoms with E-state index >= 15 is 0 Å². The topological polar surface area (TPSA) is 26.0 Å². The zero-order chi connectivity index (χ0) is 7.40. The quantitative estimate of drug-likeness (QED) is 0.610. The first-order valence-electron chi connectivity index (χ1n) is 4.60. The van der Waals surface area contributed by atoms with Crippen LogP contribution < -0.4 is 5.40 Å². The van der Waals surface area contributed by atoms with Crippen LogP contribution in [0.1, 0.15) is 39.0 Å². The van der Waals surface area contributed by atoms with Crippen molar-refractivity contribution in [2.75, 3.05) is 0 Å². The molecule has 1 saturated carbocycles. The standard InChI is InChI=1S/C8H19NSi/c1-2-10(9)8-6-4-3-5-7-8/h8,10H,2-7,9H2,1H3. The Hall–Kier alpha value is 0.177. The van der Waals surface area contributed by atoms with E-state index in [9.17, 15) is 0 Å². The van der Waals surface area contributed by atoms with E-state index in [2.05, 4.69) is 6.92 Å². The minimum atomic E-state index is -0.763. The summed E-state index contributed by atoms with van der Waals surface area (Å²) in [7, 11) is -0.763. The van der Waals surface area contributed by atoms with Crippen LogP contribution in [0.15, 0.2) is 0 Å². The predicted molar refractivity (Wildman–Crippen MR) is 48.7 cm³/mol. The molecule has 1 nitrogen and oxygen atoms in total. The van der Waals surface area contributed by atoms with Gasteiger partial charge in [0.1, 0.15) is 8.96 Å². The van der Waals surface area contributed by atoms with Crippen LogP contribution in [-0.2, 0) is 0 Å². The van der Waals surface area contributed by atoms with Crippen molar-refractivity contribution in [3.63, 3.8) is 0 Å². The third-order valence-electron chi connectivity index (χ3n) is 2.73. The smallest absolute Gasteiger partial charge is 0.109 e. The SMILES string of the molecule is CC[SiH](N)C1CCCCC1. The average molecular weight is 157 g/mol. The van der Waals surface area contributed by atoms with Crippen LogP contribution in [0, 0.1) is 0 Å². The number of hydrogen-bond donors (Lipinski definition) is 1. The third kappa shape index (κ3) is 2.10. The first kappa shape index (κ1) is 8.28. The minimum Gasteiger partial charge on any atom is -0.353 e. The number of hydrogen-bond acceptors (Lipinski definition) is 1. The summed E-state index contributed by atoms with van der Waals surface area (Å²) in [6.07, 6.45) is 7.25. The van der Waals surface area contributed by atoms with E-state index in [0.29, 0.717) is 0 Å². The van der Waals surface area contributed by atoms with Crippen LogP contribution in [0.25, 0.3) is 0 Å². The van der Waals surface area contributed by atoms with Crippen molar-refractivity contribution in [3.8, 4) is 0 Å². The van der Waals surface area contributed by atoms with Gasteiger partial charge in [-0.1, -0.05) is 39.0 Å². The lowest BCUT2D eigenvalue weighted by Crippen LogP contribution is -2.31. The van der Waals surface area contributed by atoms with E-state index < -0.39 is 8.96 Å². The minimum absolute atomic E-state index is 0.763. The molecule has 1 aliphatic rings. The maximum absolute atomic E-state index is 6.09. The second-order valence-electron chi connectivity index (χ2n) is 3.47. The van der Waals surface area contributed by atoms with Crippen LogP contribution in [0.5, 0.6) is 0 Å². The van der Waals surface area contributed by atoms with Gasteiger partial charge in [0.2, 0.25) is 0 Å². The molecular formula is C8H19NSi. The first-order valence-corrected chi connectivity index (χ1v) is 6.75. The molecular weight excluding hydrogens is 138 g/mol. The Morgan fingerprint density at radius 3 is 2.40 bits per heavy atom. The van der Waals surface area contributed by atoms with Crippen LogP contribution in [0.3, 0.4) is 0 Å². The summed E-state index contributed by atoms with van der Waals surface area (Å²) in [5, 5.41) is 6.09. The van der Waals surface area contributed by atoms with Crippen LogP contribution in [-0.4, -0.2) is 8.96 Å². The molecule has 0 aromatic heterocycles. The highest BCUT2D eigenvalue weighted by Crippen LogP contribution is 2.30. The first-order chi connectivity index (χ1) is 4.84. The fraction of sp³-hybridized carbons (Fsp3) is 1.00. The fourth-order valence-electron chi connectivity index (χ4n) is 1.90. The van der Waals surface area contributed by atoms with Crippen LogP contribution in [0.4, 0.5) is 0 Å². The lowest BCUT2D eigenvalue weighted by molar-refractivity contribution is 0.495. The fourth-order valence-corrected chi connectivity index (χ4v) is 3.89. The molecule has 2 N–H and O–H groups in total. The van der Waals surface area contributed by atoms with Crippen molar-refractivity contribution < 1.29 is 0 Å². The largest absolute Gasteiger partial charge is 0.353 e. The van der Waals surface area contributed by atoms with Gasteiger partial charge in [0.05, 0.1) is 0 Å². The van der Waals surface area contributed by atoms with E-state index in [0.717, 1.165) is 5.54 Å². The van der Waals surface area contributed by atoms with Crippen molar-refractivity contribution in [3.05, 3.63) is 0 Å². The van der Waals surface area contributed by atoms with Gasteiger partial charge in [-0.05, 0) is 11.6 Å². The number of rotatable bonds is 2. The van der Waals surface area contributed by atoms with Crippen molar-refractivity contribution >= 4 is 8.96 Å². The summed E-state index contributed by atoms with van der Waals surface area (Å²) in [6.45, 7) is 2.26. The maximum Gasteiger partial charge on any atom is 0.109 e. The maximum atomic E-state index is 6.09. The molecule has 10 heavy (non-hydrogen) atoms. The molecule has 0 radical (unpaired) electrons. The van der Waals surface area contributed by atoms with Gasteiger partial charge in [-0.25, -0.2) is 0 Å². The summed E-state index contributed by atoms with van der Waals surface area (Å²) in [5.74, 6) is 0. The van der Waals surface area contributed by atoms with Gasteiger partial charge in [0.25, 0.3) is 0 Å². The Balaban J connectivity index is 2.24. The normalized spacial score (nSPS) is 24.6. The van der Waals surface area contributed by atoms with Crippen LogP contribution >= 0.6 is 0 Å². The molecule has 0 spiro atoms. The van der Waals surface area contributed by atoms with Crippen molar-refractivity contribution in [2.24, 2.45) is 5.40 Å². The van der Waals surface area contributed by atoms with Crippen LogP contribution in [0.2, 0.25) is 11.6 Å². The van der Waals surface area contributed by atoms with Crippen molar-refractivity contribution in [1.29, 1.82) is 0 Å². The van der Waals surface area contributed by atoms with E-state index in [1.54, 1.807) is 0 Å². The van der Waals surface area contributed by atoms with E-state index in [1.807, 2.05) is 0 Å². The van der Waals surface area contributed by atoms with E-state index in [1.165, 1.54) is 38.1 Å². The zero-order valence-electron chi connectivity index (χ0n) is 6.97. The van der Waals surface area contributed by atoms with E-state index in [-0.39, 0.29) is 0 Å². The second kappa shape index (κ2) is 4.14. The average Bonchev–Trinajstić information content (AvgIpc) is 2.05. The molecule has 0 aromatic rings. The monoisotopic (exact) mass is 157 g/mol. The summed E-state index contributed by atoms with van der Waals surface area (Å²) < 4.78 is 0. The molecule has 0 bridgehead atoms.